The van der Waals surface area contributed by atoms with E-state index < -0.39 is 9.84 Å². The summed E-state index contributed by atoms with van der Waals surface area (Å²) in [5.41, 5.74) is 2.11. The normalized spacial score (nSPS) is 17.5. The Balaban J connectivity index is 1.74. The maximum absolute atomic E-state index is 12.3. The summed E-state index contributed by atoms with van der Waals surface area (Å²) in [5.74, 6) is -0.174. The van der Waals surface area contributed by atoms with Crippen molar-refractivity contribution >= 4 is 15.8 Å². The lowest BCUT2D eigenvalue weighted by Crippen LogP contribution is -2.41. The van der Waals surface area contributed by atoms with Crippen LogP contribution < -0.4 is 0 Å². The number of hydrogen-bond donors (Lipinski definition) is 0. The highest BCUT2D eigenvalue weighted by atomic mass is 32.2. The number of ether oxygens (including phenoxy) is 1. The lowest BCUT2D eigenvalue weighted by Gasteiger charge is -2.35. The number of aromatic nitrogens is 2. The second kappa shape index (κ2) is 10.9. The number of piperidine rings is 1. The molecule has 170 valence electrons. The first-order valence-electron chi connectivity index (χ1n) is 11.1. The molecular formula is C23H33N3O4S. The number of carbonyl (C=O) groups is 1. The zero-order valence-electron chi connectivity index (χ0n) is 18.5. The van der Waals surface area contributed by atoms with Gasteiger partial charge >= 0.3 is 5.97 Å². The van der Waals surface area contributed by atoms with Gasteiger partial charge in [0.2, 0.25) is 15.0 Å². The van der Waals surface area contributed by atoms with Crippen LogP contribution in [0.2, 0.25) is 0 Å². The number of sulfone groups is 1. The van der Waals surface area contributed by atoms with Crippen LogP contribution in [0.4, 0.5) is 0 Å². The number of hydrogen-bond acceptors (Lipinski definition) is 6. The third kappa shape index (κ3) is 6.64. The standard InChI is InChI=1S/C23H33N3O4S/c1-3-30-22(27)16-20-13-7-8-14-25(20)18-21-17-24-23(31(2,28)29)26(21)15-9-12-19-10-5-4-6-11-19/h4-6,10-11,17,20H,3,7-9,12-16,18H2,1-2H3. The van der Waals surface area contributed by atoms with Gasteiger partial charge in [-0.2, -0.15) is 0 Å². The Bertz CT molecular complexity index is 956. The Morgan fingerprint density at radius 3 is 2.71 bits per heavy atom. The fourth-order valence-corrected chi connectivity index (χ4v) is 5.11. The third-order valence-electron chi connectivity index (χ3n) is 5.75. The van der Waals surface area contributed by atoms with Crippen molar-refractivity contribution in [2.75, 3.05) is 19.4 Å². The molecule has 31 heavy (non-hydrogen) atoms. The molecule has 1 unspecified atom stereocenters. The van der Waals surface area contributed by atoms with Gasteiger partial charge in [-0.1, -0.05) is 36.8 Å². The second-order valence-electron chi connectivity index (χ2n) is 8.17. The number of rotatable bonds is 10. The Morgan fingerprint density at radius 2 is 2.00 bits per heavy atom. The molecule has 2 aromatic rings. The zero-order chi connectivity index (χ0) is 22.3. The fraction of sp³-hybridized carbons (Fsp3) is 0.565. The molecule has 0 amide bonds. The van der Waals surface area contributed by atoms with Gasteiger partial charge in [0.05, 0.1) is 24.9 Å². The summed E-state index contributed by atoms with van der Waals surface area (Å²) in [6, 6.07) is 10.3. The van der Waals surface area contributed by atoms with Gasteiger partial charge in [0.1, 0.15) is 0 Å². The van der Waals surface area contributed by atoms with Gasteiger partial charge in [-0.05, 0) is 44.7 Å². The third-order valence-corrected chi connectivity index (χ3v) is 6.73. The number of aryl methyl sites for hydroxylation is 1. The van der Waals surface area contributed by atoms with Crippen LogP contribution in [-0.2, 0) is 38.9 Å². The van der Waals surface area contributed by atoms with Crippen molar-refractivity contribution in [3.63, 3.8) is 0 Å². The highest BCUT2D eigenvalue weighted by Gasteiger charge is 2.27. The summed E-state index contributed by atoms with van der Waals surface area (Å²) < 4.78 is 31.6. The van der Waals surface area contributed by atoms with E-state index in [4.69, 9.17) is 4.74 Å². The molecule has 0 aliphatic carbocycles. The van der Waals surface area contributed by atoms with E-state index in [1.807, 2.05) is 29.7 Å². The summed E-state index contributed by atoms with van der Waals surface area (Å²) in [7, 11) is -3.43. The van der Waals surface area contributed by atoms with E-state index in [0.717, 1.165) is 44.3 Å². The van der Waals surface area contributed by atoms with Crippen LogP contribution in [0.25, 0.3) is 0 Å². The van der Waals surface area contributed by atoms with Gasteiger partial charge in [-0.25, -0.2) is 13.4 Å². The van der Waals surface area contributed by atoms with E-state index in [9.17, 15) is 13.2 Å². The SMILES string of the molecule is CCOC(=O)CC1CCCCN1Cc1cnc(S(C)(=O)=O)n1CCCc1ccccc1. The van der Waals surface area contributed by atoms with Crippen LogP contribution >= 0.6 is 0 Å². The first-order chi connectivity index (χ1) is 14.9. The molecule has 1 aromatic carbocycles. The lowest BCUT2D eigenvalue weighted by molar-refractivity contribution is -0.145. The highest BCUT2D eigenvalue weighted by molar-refractivity contribution is 7.90. The van der Waals surface area contributed by atoms with Crippen molar-refractivity contribution in [2.45, 2.75) is 69.7 Å². The maximum Gasteiger partial charge on any atom is 0.307 e. The van der Waals surface area contributed by atoms with E-state index in [1.54, 1.807) is 6.20 Å². The quantitative estimate of drug-likeness (QED) is 0.520. The summed E-state index contributed by atoms with van der Waals surface area (Å²) in [6.45, 7) is 4.25. The molecular weight excluding hydrogens is 414 g/mol. The minimum absolute atomic E-state index is 0.113. The largest absolute Gasteiger partial charge is 0.466 e. The van der Waals surface area contributed by atoms with Crippen LogP contribution in [-0.4, -0.2) is 54.3 Å². The van der Waals surface area contributed by atoms with Crippen LogP contribution in [0.15, 0.2) is 41.7 Å². The molecule has 0 saturated carbocycles. The van der Waals surface area contributed by atoms with Crippen molar-refractivity contribution in [1.29, 1.82) is 0 Å². The van der Waals surface area contributed by atoms with Crippen molar-refractivity contribution < 1.29 is 17.9 Å². The highest BCUT2D eigenvalue weighted by Crippen LogP contribution is 2.24. The van der Waals surface area contributed by atoms with E-state index in [2.05, 4.69) is 22.0 Å². The van der Waals surface area contributed by atoms with Crippen molar-refractivity contribution in [2.24, 2.45) is 0 Å². The molecule has 0 bridgehead atoms. The van der Waals surface area contributed by atoms with E-state index >= 15 is 0 Å². The number of likely N-dealkylation sites (tertiary alicyclic amines) is 1. The monoisotopic (exact) mass is 447 g/mol. The molecule has 1 saturated heterocycles. The van der Waals surface area contributed by atoms with Crippen LogP contribution in [0.1, 0.15) is 50.3 Å². The van der Waals surface area contributed by atoms with Gasteiger partial charge < -0.3 is 9.30 Å². The molecule has 2 heterocycles. The summed E-state index contributed by atoms with van der Waals surface area (Å²) in [5, 5.41) is 0.120. The van der Waals surface area contributed by atoms with Crippen LogP contribution in [0, 0.1) is 0 Å². The minimum Gasteiger partial charge on any atom is -0.466 e. The van der Waals surface area contributed by atoms with E-state index in [-0.39, 0.29) is 17.2 Å². The molecule has 0 spiro atoms. The smallest absolute Gasteiger partial charge is 0.307 e. The number of benzene rings is 1. The summed E-state index contributed by atoms with van der Waals surface area (Å²) in [4.78, 5) is 18.6. The van der Waals surface area contributed by atoms with Crippen LogP contribution in [0.3, 0.4) is 0 Å². The first kappa shape index (κ1) is 23.5. The first-order valence-corrected chi connectivity index (χ1v) is 13.0. The van der Waals surface area contributed by atoms with Crippen molar-refractivity contribution in [1.82, 2.24) is 14.5 Å². The summed E-state index contributed by atoms with van der Waals surface area (Å²) >= 11 is 0. The minimum atomic E-state index is -3.43. The average Bonchev–Trinajstić information content (AvgIpc) is 3.13. The van der Waals surface area contributed by atoms with E-state index in [0.29, 0.717) is 26.1 Å². The fourth-order valence-electron chi connectivity index (χ4n) is 4.26. The van der Waals surface area contributed by atoms with Crippen molar-refractivity contribution in [3.8, 4) is 0 Å². The predicted molar refractivity (Wildman–Crippen MR) is 119 cm³/mol. The van der Waals surface area contributed by atoms with Crippen LogP contribution in [0.5, 0.6) is 0 Å². The Hall–Kier alpha value is -2.19. The Labute approximate surface area is 185 Å². The van der Waals surface area contributed by atoms with E-state index in [1.165, 1.54) is 11.8 Å². The molecule has 3 rings (SSSR count). The topological polar surface area (TPSA) is 81.5 Å². The molecule has 8 heteroatoms. The molecule has 0 N–H and O–H groups in total. The molecule has 1 aromatic heterocycles. The number of imidazole rings is 1. The lowest BCUT2D eigenvalue weighted by atomic mass is 9.99. The van der Waals surface area contributed by atoms with Gasteiger partial charge in [-0.3, -0.25) is 9.69 Å². The van der Waals surface area contributed by atoms with Gasteiger partial charge in [0.25, 0.3) is 0 Å². The molecule has 0 radical (unpaired) electrons. The molecule has 1 aliphatic heterocycles. The molecule has 1 atom stereocenters. The Morgan fingerprint density at radius 1 is 1.23 bits per heavy atom. The van der Waals surface area contributed by atoms with Crippen molar-refractivity contribution in [3.05, 3.63) is 47.8 Å². The Kier molecular flexibility index (Phi) is 8.26. The summed E-state index contributed by atoms with van der Waals surface area (Å²) in [6.07, 6.45) is 8.05. The predicted octanol–water partition coefficient (Wildman–Crippen LogP) is 3.23. The molecule has 1 aliphatic rings. The number of nitrogens with zero attached hydrogens (tertiary/aromatic N) is 3. The molecule has 7 nitrogen and oxygen atoms in total. The van der Waals surface area contributed by atoms with Gasteiger partial charge in [-0.15, -0.1) is 0 Å². The van der Waals surface area contributed by atoms with Gasteiger partial charge in [0, 0.05) is 25.4 Å². The van der Waals surface area contributed by atoms with Gasteiger partial charge in [0.15, 0.2) is 0 Å². The second-order valence-corrected chi connectivity index (χ2v) is 10.1. The average molecular weight is 448 g/mol. The zero-order valence-corrected chi connectivity index (χ0v) is 19.3. The molecule has 1 fully saturated rings. The maximum atomic E-state index is 12.3. The number of carbonyl (C=O) groups excluding carboxylic acids is 1. The number of esters is 1.